The highest BCUT2D eigenvalue weighted by Gasteiger charge is 2.21. The summed E-state index contributed by atoms with van der Waals surface area (Å²) in [6.07, 6.45) is 3.52. The summed E-state index contributed by atoms with van der Waals surface area (Å²) in [6, 6.07) is 8.81. The number of hydrogen-bond donors (Lipinski definition) is 2. The van der Waals surface area contributed by atoms with Gasteiger partial charge in [0, 0.05) is 33.9 Å². The molecule has 4 nitrogen and oxygen atoms in total. The molecule has 1 aromatic heterocycles. The fraction of sp³-hybridized carbons (Fsp3) is 0.421. The standard InChI is InChI=1S/C19H23N3OS/c20-19-15-5-4-13(11-22-7-2-1-3-14(22)12-23)9-17(15)21-10-18-16(19)6-8-24-18/h4-6,8-9,14,23H,1-3,7,10-12,20H2. The second-order valence-electron chi connectivity index (χ2n) is 6.64. The van der Waals surface area contributed by atoms with E-state index in [1.165, 1.54) is 23.3 Å². The number of thiophene rings is 1. The molecule has 1 aromatic carbocycles. The van der Waals surface area contributed by atoms with Crippen LogP contribution in [0.2, 0.25) is 0 Å². The lowest BCUT2D eigenvalue weighted by molar-refractivity contribution is 0.0841. The Morgan fingerprint density at radius 3 is 3.08 bits per heavy atom. The highest BCUT2D eigenvalue weighted by molar-refractivity contribution is 7.10. The number of aliphatic hydroxyl groups is 1. The van der Waals surface area contributed by atoms with E-state index in [2.05, 4.69) is 34.5 Å². The van der Waals surface area contributed by atoms with Gasteiger partial charge in [0.1, 0.15) is 0 Å². The Morgan fingerprint density at radius 1 is 1.29 bits per heavy atom. The van der Waals surface area contributed by atoms with Gasteiger partial charge in [-0.15, -0.1) is 11.3 Å². The van der Waals surface area contributed by atoms with Gasteiger partial charge in [-0.2, -0.15) is 0 Å². The summed E-state index contributed by atoms with van der Waals surface area (Å²) in [5.74, 6) is 0. The second-order valence-corrected chi connectivity index (χ2v) is 7.64. The fourth-order valence-corrected chi connectivity index (χ4v) is 4.56. The molecule has 1 atom stereocenters. The van der Waals surface area contributed by atoms with Crippen LogP contribution in [0, 0.1) is 0 Å². The number of fused-ring (bicyclic) bond motifs is 2. The minimum Gasteiger partial charge on any atom is -0.398 e. The molecule has 24 heavy (non-hydrogen) atoms. The molecule has 0 spiro atoms. The molecular formula is C19H23N3OS. The number of hydrogen-bond acceptors (Lipinski definition) is 5. The van der Waals surface area contributed by atoms with E-state index in [-0.39, 0.29) is 12.6 Å². The Labute approximate surface area is 146 Å². The van der Waals surface area contributed by atoms with Crippen LogP contribution in [0.5, 0.6) is 0 Å². The molecule has 0 amide bonds. The molecule has 2 aromatic rings. The predicted octanol–water partition coefficient (Wildman–Crippen LogP) is 1.34. The zero-order valence-electron chi connectivity index (χ0n) is 13.7. The van der Waals surface area contributed by atoms with Crippen LogP contribution in [0.25, 0.3) is 5.70 Å². The predicted molar refractivity (Wildman–Crippen MR) is 97.1 cm³/mol. The van der Waals surface area contributed by atoms with E-state index in [0.717, 1.165) is 41.3 Å². The number of nitrogens with zero attached hydrogens (tertiary/aromatic N) is 2. The van der Waals surface area contributed by atoms with E-state index in [0.29, 0.717) is 6.54 Å². The maximum atomic E-state index is 9.60. The van der Waals surface area contributed by atoms with Crippen LogP contribution in [0.4, 0.5) is 0 Å². The van der Waals surface area contributed by atoms with Crippen LogP contribution in [0.3, 0.4) is 0 Å². The van der Waals surface area contributed by atoms with E-state index < -0.39 is 0 Å². The minimum atomic E-state index is 0.246. The summed E-state index contributed by atoms with van der Waals surface area (Å²) in [6.45, 7) is 2.88. The Morgan fingerprint density at radius 2 is 2.21 bits per heavy atom. The van der Waals surface area contributed by atoms with Crippen molar-refractivity contribution >= 4 is 17.0 Å². The first-order valence-electron chi connectivity index (χ1n) is 8.61. The Kier molecular flexibility index (Phi) is 4.39. The quantitative estimate of drug-likeness (QED) is 0.886. The molecule has 0 aliphatic carbocycles. The largest absolute Gasteiger partial charge is 0.398 e. The second kappa shape index (κ2) is 6.67. The monoisotopic (exact) mass is 341 g/mol. The molecule has 2 aliphatic rings. The summed E-state index contributed by atoms with van der Waals surface area (Å²) in [4.78, 5) is 8.42. The van der Waals surface area contributed by atoms with Gasteiger partial charge in [-0.1, -0.05) is 18.6 Å². The fourth-order valence-electron chi connectivity index (χ4n) is 3.75. The maximum absolute atomic E-state index is 9.60. The maximum Gasteiger partial charge on any atom is 0.0746 e. The SMILES string of the molecule is NC1=c2ccc(CN3CCCCC3CO)cc2=NCc2sccc21. The van der Waals surface area contributed by atoms with Gasteiger partial charge in [0.15, 0.2) is 0 Å². The van der Waals surface area contributed by atoms with Crippen LogP contribution in [-0.2, 0) is 13.1 Å². The Hall–Kier alpha value is -1.69. The third-order valence-corrected chi connectivity index (χ3v) is 6.03. The number of nitrogens with two attached hydrogens (primary N) is 1. The van der Waals surface area contributed by atoms with Crippen molar-refractivity contribution in [2.75, 3.05) is 13.2 Å². The van der Waals surface area contributed by atoms with E-state index in [1.807, 2.05) is 0 Å². The number of benzene rings is 1. The van der Waals surface area contributed by atoms with Crippen LogP contribution >= 0.6 is 11.3 Å². The number of rotatable bonds is 3. The summed E-state index contributed by atoms with van der Waals surface area (Å²) in [5.41, 5.74) is 9.61. The number of aliphatic hydroxyl groups excluding tert-OH is 1. The molecule has 2 aliphatic heterocycles. The first-order valence-corrected chi connectivity index (χ1v) is 9.49. The van der Waals surface area contributed by atoms with Crippen LogP contribution in [0.15, 0.2) is 34.6 Å². The first kappa shape index (κ1) is 15.8. The zero-order valence-corrected chi connectivity index (χ0v) is 14.6. The smallest absolute Gasteiger partial charge is 0.0746 e. The molecule has 0 saturated carbocycles. The minimum absolute atomic E-state index is 0.246. The summed E-state index contributed by atoms with van der Waals surface area (Å²) < 4.78 is 0. The highest BCUT2D eigenvalue weighted by atomic mass is 32.1. The third-order valence-electron chi connectivity index (χ3n) is 5.13. The van der Waals surface area contributed by atoms with Crippen molar-refractivity contribution in [3.63, 3.8) is 0 Å². The molecule has 0 bridgehead atoms. The van der Waals surface area contributed by atoms with Crippen LogP contribution in [0.1, 0.15) is 35.3 Å². The Bertz CT molecular complexity index is 858. The highest BCUT2D eigenvalue weighted by Crippen LogP contribution is 2.22. The van der Waals surface area contributed by atoms with Gasteiger partial charge in [0.2, 0.25) is 0 Å². The third kappa shape index (κ3) is 2.88. The van der Waals surface area contributed by atoms with Gasteiger partial charge in [-0.25, -0.2) is 0 Å². The molecular weight excluding hydrogens is 318 g/mol. The van der Waals surface area contributed by atoms with E-state index >= 15 is 0 Å². The summed E-state index contributed by atoms with van der Waals surface area (Å²) >= 11 is 1.72. The Balaban J connectivity index is 1.68. The van der Waals surface area contributed by atoms with E-state index in [4.69, 9.17) is 10.7 Å². The lowest BCUT2D eigenvalue weighted by Gasteiger charge is -2.34. The molecule has 1 unspecified atom stereocenters. The number of piperidine rings is 1. The van der Waals surface area contributed by atoms with Gasteiger partial charge in [-0.05, 0) is 42.5 Å². The topological polar surface area (TPSA) is 61.8 Å². The molecule has 3 N–H and O–H groups in total. The van der Waals surface area contributed by atoms with Crippen molar-refractivity contribution in [2.45, 2.75) is 38.4 Å². The van der Waals surface area contributed by atoms with Crippen molar-refractivity contribution in [1.29, 1.82) is 0 Å². The number of likely N-dealkylation sites (tertiary alicyclic amines) is 1. The van der Waals surface area contributed by atoms with Crippen LogP contribution in [-0.4, -0.2) is 29.2 Å². The molecule has 1 fully saturated rings. The van der Waals surface area contributed by atoms with Crippen molar-refractivity contribution in [2.24, 2.45) is 10.7 Å². The molecule has 5 heteroatoms. The molecule has 0 radical (unpaired) electrons. The normalized spacial score (nSPS) is 20.9. The van der Waals surface area contributed by atoms with Crippen molar-refractivity contribution in [3.05, 3.63) is 56.2 Å². The lowest BCUT2D eigenvalue weighted by Crippen LogP contribution is -2.41. The van der Waals surface area contributed by atoms with Gasteiger partial charge in [0.05, 0.1) is 18.5 Å². The summed E-state index contributed by atoms with van der Waals surface area (Å²) in [5, 5.41) is 13.7. The van der Waals surface area contributed by atoms with E-state index in [9.17, 15) is 5.11 Å². The molecule has 3 heterocycles. The van der Waals surface area contributed by atoms with Gasteiger partial charge >= 0.3 is 0 Å². The molecule has 4 rings (SSSR count). The molecule has 1 saturated heterocycles. The van der Waals surface area contributed by atoms with Gasteiger partial charge in [0.25, 0.3) is 0 Å². The van der Waals surface area contributed by atoms with Crippen molar-refractivity contribution < 1.29 is 5.11 Å². The molecule has 126 valence electrons. The first-order chi connectivity index (χ1) is 11.8. The van der Waals surface area contributed by atoms with Crippen molar-refractivity contribution in [3.8, 4) is 0 Å². The van der Waals surface area contributed by atoms with Gasteiger partial charge < -0.3 is 10.8 Å². The van der Waals surface area contributed by atoms with Crippen LogP contribution < -0.4 is 16.3 Å². The zero-order chi connectivity index (χ0) is 16.5. The lowest BCUT2D eigenvalue weighted by atomic mass is 10.0. The summed E-state index contributed by atoms with van der Waals surface area (Å²) in [7, 11) is 0. The van der Waals surface area contributed by atoms with E-state index in [1.54, 1.807) is 11.3 Å². The average molecular weight is 341 g/mol. The van der Waals surface area contributed by atoms with Crippen molar-refractivity contribution in [1.82, 2.24) is 4.90 Å². The average Bonchev–Trinajstić information content (AvgIpc) is 3.04. The van der Waals surface area contributed by atoms with Gasteiger partial charge in [-0.3, -0.25) is 9.89 Å².